The van der Waals surface area contributed by atoms with E-state index < -0.39 is 0 Å². The molecule has 0 radical (unpaired) electrons. The molecule has 10 heavy (non-hydrogen) atoms. The molecule has 0 aliphatic heterocycles. The molecule has 3 nitrogen and oxygen atoms in total. The highest BCUT2D eigenvalue weighted by Crippen LogP contribution is 1.88. The van der Waals surface area contributed by atoms with Crippen LogP contribution in [0.1, 0.15) is 33.6 Å². The number of hydrogen-bond acceptors (Lipinski definition) is 3. The van der Waals surface area contributed by atoms with E-state index in [-0.39, 0.29) is 12.0 Å². The summed E-state index contributed by atoms with van der Waals surface area (Å²) in [6.45, 7) is 5.75. The Balaban J connectivity index is 3.26. The Hall–Kier alpha value is -0.570. The zero-order valence-electron chi connectivity index (χ0n) is 6.81. The van der Waals surface area contributed by atoms with Crippen molar-refractivity contribution in [1.82, 2.24) is 5.48 Å². The summed E-state index contributed by atoms with van der Waals surface area (Å²) in [6.07, 6.45) is 1.38. The first-order valence-corrected chi connectivity index (χ1v) is 3.65. The molecule has 1 N–H and O–H groups in total. The summed E-state index contributed by atoms with van der Waals surface area (Å²) in [5, 5.41) is 0. The summed E-state index contributed by atoms with van der Waals surface area (Å²) in [7, 11) is 0. The number of hydroxylamine groups is 1. The van der Waals surface area contributed by atoms with Gasteiger partial charge in [-0.3, -0.25) is 4.79 Å². The fraction of sp³-hybridized carbons (Fsp3) is 0.857. The summed E-state index contributed by atoms with van der Waals surface area (Å²) in [4.78, 5) is 15.2. The van der Waals surface area contributed by atoms with Gasteiger partial charge in [-0.25, -0.2) is 0 Å². The Morgan fingerprint density at radius 3 is 2.60 bits per heavy atom. The van der Waals surface area contributed by atoms with Crippen LogP contribution in [-0.4, -0.2) is 12.0 Å². The Bertz CT molecular complexity index is 104. The molecule has 0 saturated heterocycles. The van der Waals surface area contributed by atoms with Crippen molar-refractivity contribution >= 4 is 5.97 Å². The third-order valence-electron chi connectivity index (χ3n) is 1.27. The SMILES string of the molecule is CCC(=O)ONC(C)CC. The standard InChI is InChI=1S/C7H15NO2/c1-4-6(3)8-10-7(9)5-2/h6,8H,4-5H2,1-3H3. The van der Waals surface area contributed by atoms with Gasteiger partial charge in [0.1, 0.15) is 0 Å². The van der Waals surface area contributed by atoms with Crippen molar-refractivity contribution in [3.05, 3.63) is 0 Å². The lowest BCUT2D eigenvalue weighted by Gasteiger charge is -2.09. The quantitative estimate of drug-likeness (QED) is 0.605. The van der Waals surface area contributed by atoms with Crippen LogP contribution < -0.4 is 5.48 Å². The molecular weight excluding hydrogens is 130 g/mol. The van der Waals surface area contributed by atoms with Gasteiger partial charge in [0.2, 0.25) is 0 Å². The predicted octanol–water partition coefficient (Wildman–Crippen LogP) is 1.24. The second-order valence-corrected chi connectivity index (χ2v) is 2.25. The lowest BCUT2D eigenvalue weighted by atomic mass is 10.3. The molecule has 0 aromatic rings. The third kappa shape index (κ3) is 4.32. The zero-order chi connectivity index (χ0) is 7.98. The maximum atomic E-state index is 10.5. The molecule has 1 atom stereocenters. The van der Waals surface area contributed by atoms with Crippen molar-refractivity contribution in [1.29, 1.82) is 0 Å². The van der Waals surface area contributed by atoms with E-state index in [1.54, 1.807) is 6.92 Å². The number of carbonyl (C=O) groups excluding carboxylic acids is 1. The highest BCUT2D eigenvalue weighted by atomic mass is 16.7. The maximum Gasteiger partial charge on any atom is 0.324 e. The maximum absolute atomic E-state index is 10.5. The van der Waals surface area contributed by atoms with Gasteiger partial charge in [0.15, 0.2) is 0 Å². The predicted molar refractivity (Wildman–Crippen MR) is 39.3 cm³/mol. The zero-order valence-corrected chi connectivity index (χ0v) is 6.81. The van der Waals surface area contributed by atoms with E-state index in [1.165, 1.54) is 0 Å². The van der Waals surface area contributed by atoms with Crippen LogP contribution in [0.2, 0.25) is 0 Å². The van der Waals surface area contributed by atoms with Crippen molar-refractivity contribution in [3.8, 4) is 0 Å². The smallest absolute Gasteiger partial charge is 0.324 e. The van der Waals surface area contributed by atoms with Crippen molar-refractivity contribution in [2.75, 3.05) is 0 Å². The molecule has 1 unspecified atom stereocenters. The van der Waals surface area contributed by atoms with Crippen molar-refractivity contribution in [3.63, 3.8) is 0 Å². The first-order chi connectivity index (χ1) is 4.70. The van der Waals surface area contributed by atoms with Gasteiger partial charge in [0.05, 0.1) is 0 Å². The van der Waals surface area contributed by atoms with Crippen LogP contribution in [0.4, 0.5) is 0 Å². The van der Waals surface area contributed by atoms with Crippen LogP contribution in [0.5, 0.6) is 0 Å². The average Bonchev–Trinajstić information content (AvgIpc) is 1.99. The Morgan fingerprint density at radius 1 is 1.60 bits per heavy atom. The first-order valence-electron chi connectivity index (χ1n) is 3.65. The molecule has 0 aromatic heterocycles. The van der Waals surface area contributed by atoms with Gasteiger partial charge in [-0.15, -0.1) is 0 Å². The fourth-order valence-corrected chi connectivity index (χ4v) is 0.322. The highest BCUT2D eigenvalue weighted by molar-refractivity contribution is 5.68. The second kappa shape index (κ2) is 5.23. The molecule has 0 bridgehead atoms. The topological polar surface area (TPSA) is 38.3 Å². The minimum absolute atomic E-state index is 0.208. The molecule has 0 aromatic carbocycles. The molecule has 0 spiro atoms. The molecule has 0 saturated carbocycles. The van der Waals surface area contributed by atoms with Crippen molar-refractivity contribution in [2.45, 2.75) is 39.7 Å². The number of hydrogen-bond donors (Lipinski definition) is 1. The van der Waals surface area contributed by atoms with Gasteiger partial charge in [-0.2, -0.15) is 5.48 Å². The Morgan fingerprint density at radius 2 is 2.20 bits per heavy atom. The van der Waals surface area contributed by atoms with E-state index >= 15 is 0 Å². The largest absolute Gasteiger partial charge is 0.370 e. The van der Waals surface area contributed by atoms with Gasteiger partial charge < -0.3 is 4.84 Å². The van der Waals surface area contributed by atoms with E-state index in [9.17, 15) is 4.79 Å². The molecule has 0 aliphatic carbocycles. The number of rotatable bonds is 4. The van der Waals surface area contributed by atoms with Crippen LogP contribution >= 0.6 is 0 Å². The lowest BCUT2D eigenvalue weighted by Crippen LogP contribution is -2.28. The van der Waals surface area contributed by atoms with E-state index in [4.69, 9.17) is 0 Å². The molecule has 0 amide bonds. The van der Waals surface area contributed by atoms with Crippen LogP contribution in [0.25, 0.3) is 0 Å². The van der Waals surface area contributed by atoms with Crippen LogP contribution in [0, 0.1) is 0 Å². The number of nitrogens with one attached hydrogen (secondary N) is 1. The van der Waals surface area contributed by atoms with Gasteiger partial charge in [0, 0.05) is 12.5 Å². The van der Waals surface area contributed by atoms with Gasteiger partial charge in [0.25, 0.3) is 0 Å². The van der Waals surface area contributed by atoms with Crippen LogP contribution in [0.15, 0.2) is 0 Å². The van der Waals surface area contributed by atoms with Gasteiger partial charge >= 0.3 is 5.97 Å². The highest BCUT2D eigenvalue weighted by Gasteiger charge is 2.00. The first kappa shape index (κ1) is 9.43. The molecule has 3 heteroatoms. The Labute approximate surface area is 61.7 Å². The third-order valence-corrected chi connectivity index (χ3v) is 1.27. The van der Waals surface area contributed by atoms with E-state index in [0.717, 1.165) is 6.42 Å². The fourth-order valence-electron chi connectivity index (χ4n) is 0.322. The van der Waals surface area contributed by atoms with Crippen LogP contribution in [-0.2, 0) is 9.63 Å². The normalized spacial score (nSPS) is 12.7. The van der Waals surface area contributed by atoms with Gasteiger partial charge in [-0.1, -0.05) is 13.8 Å². The lowest BCUT2D eigenvalue weighted by molar-refractivity contribution is -0.152. The summed E-state index contributed by atoms with van der Waals surface area (Å²) < 4.78 is 0. The van der Waals surface area contributed by atoms with Crippen LogP contribution in [0.3, 0.4) is 0 Å². The molecule has 0 heterocycles. The number of carbonyl (C=O) groups is 1. The molecule has 0 aliphatic rings. The monoisotopic (exact) mass is 145 g/mol. The molecular formula is C7H15NO2. The summed E-state index contributed by atoms with van der Waals surface area (Å²) in [5.41, 5.74) is 2.63. The summed E-state index contributed by atoms with van der Waals surface area (Å²) >= 11 is 0. The van der Waals surface area contributed by atoms with E-state index in [1.807, 2.05) is 13.8 Å². The summed E-state index contributed by atoms with van der Waals surface area (Å²) in [6, 6.07) is 0.246. The second-order valence-electron chi connectivity index (χ2n) is 2.25. The summed E-state index contributed by atoms with van der Waals surface area (Å²) in [5.74, 6) is -0.208. The minimum atomic E-state index is -0.208. The van der Waals surface area contributed by atoms with E-state index in [0.29, 0.717) is 6.42 Å². The van der Waals surface area contributed by atoms with Crippen molar-refractivity contribution < 1.29 is 9.63 Å². The molecule has 0 fully saturated rings. The minimum Gasteiger partial charge on any atom is -0.370 e. The van der Waals surface area contributed by atoms with Gasteiger partial charge in [-0.05, 0) is 13.3 Å². The molecule has 60 valence electrons. The van der Waals surface area contributed by atoms with E-state index in [2.05, 4.69) is 10.3 Å². The average molecular weight is 145 g/mol. The Kier molecular flexibility index (Phi) is 4.94. The van der Waals surface area contributed by atoms with Crippen molar-refractivity contribution in [2.24, 2.45) is 0 Å². The molecule has 0 rings (SSSR count).